The molecule has 2 rings (SSSR count). The summed E-state index contributed by atoms with van der Waals surface area (Å²) in [6.07, 6.45) is 14.3. The molecule has 0 amide bonds. The minimum atomic E-state index is 0.804. The standard InChI is InChI=1S/C25H33NO/c1-3-5-6-7-8-9-10-11-20-27-25-18-14-23(15-19-25)21-26-24-16-12-22(4-2)13-17-24/h4,12-19,21H,2-3,5-11,20H2,1H3. The molecule has 2 heteroatoms. The fourth-order valence-electron chi connectivity index (χ4n) is 2.92. The van der Waals surface area contributed by atoms with Crippen molar-refractivity contribution in [3.63, 3.8) is 0 Å². The number of hydrogen-bond donors (Lipinski definition) is 0. The molecule has 0 N–H and O–H groups in total. The van der Waals surface area contributed by atoms with Gasteiger partial charge in [0.25, 0.3) is 0 Å². The van der Waals surface area contributed by atoms with Crippen LogP contribution in [0.3, 0.4) is 0 Å². The molecule has 2 nitrogen and oxygen atoms in total. The summed E-state index contributed by atoms with van der Waals surface area (Å²) in [4.78, 5) is 4.50. The van der Waals surface area contributed by atoms with Crippen LogP contribution in [0.4, 0.5) is 5.69 Å². The Morgan fingerprint density at radius 3 is 2.00 bits per heavy atom. The van der Waals surface area contributed by atoms with E-state index in [1.807, 2.05) is 60.8 Å². The van der Waals surface area contributed by atoms with Gasteiger partial charge in [-0.2, -0.15) is 0 Å². The lowest BCUT2D eigenvalue weighted by atomic mass is 10.1. The third kappa shape index (κ3) is 8.72. The largest absolute Gasteiger partial charge is 0.494 e. The van der Waals surface area contributed by atoms with Crippen LogP contribution in [-0.2, 0) is 0 Å². The Labute approximate surface area is 165 Å². The Hall–Kier alpha value is -2.35. The van der Waals surface area contributed by atoms with Crippen LogP contribution in [0.2, 0.25) is 0 Å². The summed E-state index contributed by atoms with van der Waals surface area (Å²) in [5.41, 5.74) is 3.12. The number of aliphatic imine (C=N–C) groups is 1. The molecule has 0 saturated heterocycles. The quantitative estimate of drug-likeness (QED) is 0.265. The number of rotatable bonds is 13. The lowest BCUT2D eigenvalue weighted by molar-refractivity contribution is 0.304. The molecule has 0 aliphatic rings. The molecular weight excluding hydrogens is 330 g/mol. The molecule has 144 valence electrons. The van der Waals surface area contributed by atoms with Crippen LogP contribution in [0.1, 0.15) is 69.4 Å². The first-order valence-corrected chi connectivity index (χ1v) is 10.3. The van der Waals surface area contributed by atoms with Crippen molar-refractivity contribution in [3.05, 3.63) is 66.2 Å². The van der Waals surface area contributed by atoms with Crippen molar-refractivity contribution in [2.45, 2.75) is 58.3 Å². The number of unbranched alkanes of at least 4 members (excludes halogenated alkanes) is 7. The Kier molecular flexibility index (Phi) is 10.0. The molecule has 27 heavy (non-hydrogen) atoms. The molecule has 2 aromatic rings. The van der Waals surface area contributed by atoms with Crippen molar-refractivity contribution in [3.8, 4) is 5.75 Å². The maximum absolute atomic E-state index is 5.84. The summed E-state index contributed by atoms with van der Waals surface area (Å²) in [6, 6.07) is 16.2. The molecular formula is C25H33NO. The first kappa shape index (κ1) is 21.0. The van der Waals surface area contributed by atoms with Gasteiger partial charge in [-0.05, 0) is 53.9 Å². The predicted molar refractivity (Wildman–Crippen MR) is 118 cm³/mol. The Morgan fingerprint density at radius 2 is 1.37 bits per heavy atom. The van der Waals surface area contributed by atoms with E-state index in [2.05, 4.69) is 18.5 Å². The van der Waals surface area contributed by atoms with Crippen molar-refractivity contribution < 1.29 is 4.74 Å². The van der Waals surface area contributed by atoms with E-state index in [4.69, 9.17) is 4.74 Å². The number of ether oxygens (including phenoxy) is 1. The molecule has 0 aliphatic carbocycles. The predicted octanol–water partition coefficient (Wildman–Crippen LogP) is 7.60. The highest BCUT2D eigenvalue weighted by Gasteiger charge is 1.96. The molecule has 0 bridgehead atoms. The van der Waals surface area contributed by atoms with Gasteiger partial charge >= 0.3 is 0 Å². The second-order valence-corrected chi connectivity index (χ2v) is 6.95. The summed E-state index contributed by atoms with van der Waals surface area (Å²) in [7, 11) is 0. The van der Waals surface area contributed by atoms with Crippen molar-refractivity contribution in [2.75, 3.05) is 6.61 Å². The Morgan fingerprint density at radius 1 is 0.778 bits per heavy atom. The van der Waals surface area contributed by atoms with Crippen molar-refractivity contribution in [1.29, 1.82) is 0 Å². The normalized spacial score (nSPS) is 11.0. The van der Waals surface area contributed by atoms with Gasteiger partial charge < -0.3 is 4.74 Å². The van der Waals surface area contributed by atoms with Crippen molar-refractivity contribution in [2.24, 2.45) is 4.99 Å². The molecule has 0 unspecified atom stereocenters. The van der Waals surface area contributed by atoms with Crippen LogP contribution < -0.4 is 4.74 Å². The van der Waals surface area contributed by atoms with Gasteiger partial charge in [0.15, 0.2) is 0 Å². The van der Waals surface area contributed by atoms with Crippen LogP contribution in [0.15, 0.2) is 60.1 Å². The maximum Gasteiger partial charge on any atom is 0.119 e. The molecule has 0 saturated carbocycles. The Balaban J connectivity index is 1.64. The summed E-state index contributed by atoms with van der Waals surface area (Å²) in [5, 5.41) is 0. The van der Waals surface area contributed by atoms with Crippen LogP contribution >= 0.6 is 0 Å². The molecule has 0 fully saturated rings. The zero-order valence-corrected chi connectivity index (χ0v) is 16.7. The lowest BCUT2D eigenvalue weighted by Crippen LogP contribution is -1.97. The Bertz CT molecular complexity index is 670. The highest BCUT2D eigenvalue weighted by Crippen LogP contribution is 2.16. The highest BCUT2D eigenvalue weighted by molar-refractivity contribution is 5.82. The van der Waals surface area contributed by atoms with Gasteiger partial charge in [-0.15, -0.1) is 0 Å². The number of nitrogens with zero attached hydrogens (tertiary/aromatic N) is 1. The third-order valence-electron chi connectivity index (χ3n) is 4.64. The molecule has 2 aromatic carbocycles. The second kappa shape index (κ2) is 12.9. The molecule has 0 radical (unpaired) electrons. The highest BCUT2D eigenvalue weighted by atomic mass is 16.5. The monoisotopic (exact) mass is 363 g/mol. The molecule has 0 aromatic heterocycles. The minimum Gasteiger partial charge on any atom is -0.494 e. The van der Waals surface area contributed by atoms with Gasteiger partial charge in [0.2, 0.25) is 0 Å². The number of benzene rings is 2. The zero-order valence-electron chi connectivity index (χ0n) is 16.7. The second-order valence-electron chi connectivity index (χ2n) is 6.95. The van der Waals surface area contributed by atoms with E-state index in [9.17, 15) is 0 Å². The molecule has 0 aliphatic heterocycles. The molecule has 0 spiro atoms. The van der Waals surface area contributed by atoms with E-state index >= 15 is 0 Å². The lowest BCUT2D eigenvalue weighted by Gasteiger charge is -2.06. The van der Waals surface area contributed by atoms with E-state index < -0.39 is 0 Å². The van der Waals surface area contributed by atoms with E-state index in [1.54, 1.807) is 0 Å². The zero-order chi connectivity index (χ0) is 19.2. The third-order valence-corrected chi connectivity index (χ3v) is 4.64. The summed E-state index contributed by atoms with van der Waals surface area (Å²) < 4.78 is 5.84. The average Bonchev–Trinajstić information content (AvgIpc) is 2.72. The van der Waals surface area contributed by atoms with E-state index in [0.29, 0.717) is 0 Å². The van der Waals surface area contributed by atoms with Gasteiger partial charge in [-0.3, -0.25) is 4.99 Å². The first-order valence-electron chi connectivity index (χ1n) is 10.3. The SMILES string of the molecule is C=Cc1ccc(N=Cc2ccc(OCCCCCCCCCC)cc2)cc1. The minimum absolute atomic E-state index is 0.804. The van der Waals surface area contributed by atoms with Gasteiger partial charge in [0.05, 0.1) is 12.3 Å². The van der Waals surface area contributed by atoms with Gasteiger partial charge in [-0.1, -0.05) is 76.7 Å². The molecule has 0 atom stereocenters. The number of hydrogen-bond acceptors (Lipinski definition) is 2. The van der Waals surface area contributed by atoms with Crippen LogP contribution in [-0.4, -0.2) is 12.8 Å². The fourth-order valence-corrected chi connectivity index (χ4v) is 2.92. The summed E-state index contributed by atoms with van der Waals surface area (Å²) >= 11 is 0. The van der Waals surface area contributed by atoms with Crippen molar-refractivity contribution >= 4 is 18.0 Å². The van der Waals surface area contributed by atoms with Gasteiger partial charge in [0.1, 0.15) is 5.75 Å². The van der Waals surface area contributed by atoms with Gasteiger partial charge in [-0.25, -0.2) is 0 Å². The van der Waals surface area contributed by atoms with Crippen molar-refractivity contribution in [1.82, 2.24) is 0 Å². The topological polar surface area (TPSA) is 21.6 Å². The van der Waals surface area contributed by atoms with Crippen LogP contribution in [0.25, 0.3) is 6.08 Å². The van der Waals surface area contributed by atoms with E-state index in [-0.39, 0.29) is 0 Å². The molecule has 0 heterocycles. The maximum atomic E-state index is 5.84. The van der Waals surface area contributed by atoms with E-state index in [0.717, 1.165) is 35.6 Å². The van der Waals surface area contributed by atoms with Crippen LogP contribution in [0.5, 0.6) is 5.75 Å². The fraction of sp³-hybridized carbons (Fsp3) is 0.400. The van der Waals surface area contributed by atoms with Crippen LogP contribution in [0, 0.1) is 0 Å². The average molecular weight is 364 g/mol. The van der Waals surface area contributed by atoms with E-state index in [1.165, 1.54) is 44.9 Å². The summed E-state index contributed by atoms with van der Waals surface area (Å²) in [6.45, 7) is 6.83. The smallest absolute Gasteiger partial charge is 0.119 e. The first-order chi connectivity index (χ1) is 13.3. The van der Waals surface area contributed by atoms with Gasteiger partial charge in [0, 0.05) is 6.21 Å². The summed E-state index contributed by atoms with van der Waals surface area (Å²) in [5.74, 6) is 0.936.